The first-order valence-corrected chi connectivity index (χ1v) is 20.4. The maximum Gasteiger partial charge on any atom is 0.310 e. The smallest absolute Gasteiger partial charge is 0.310 e. The molecule has 54 heavy (non-hydrogen) atoms. The van der Waals surface area contributed by atoms with Crippen LogP contribution in [-0.4, -0.2) is 122 Å². The number of carboxylic acid groups (broad SMARTS) is 1. The molecule has 1 amide bonds. The molecule has 13 nitrogen and oxygen atoms in total. The Morgan fingerprint density at radius 3 is 2.31 bits per heavy atom. The Balaban J connectivity index is 1.34. The minimum atomic E-state index is -1.63. The summed E-state index contributed by atoms with van der Waals surface area (Å²) in [4.78, 5) is 25.7. The van der Waals surface area contributed by atoms with Crippen LogP contribution in [0.5, 0.6) is 0 Å². The van der Waals surface area contributed by atoms with Crippen LogP contribution in [0.15, 0.2) is 11.6 Å². The Morgan fingerprint density at radius 1 is 0.981 bits per heavy atom. The summed E-state index contributed by atoms with van der Waals surface area (Å²) in [5, 5.41) is 91.2. The van der Waals surface area contributed by atoms with Crippen molar-refractivity contribution in [1.29, 1.82) is 0 Å². The number of carbonyl (C=O) groups excluding carboxylic acids is 1. The number of allylic oxidation sites excluding steroid dienone is 2. The molecule has 0 unspecified atom stereocenters. The number of rotatable bonds is 8. The number of hydrogen-bond acceptors (Lipinski definition) is 11. The maximum absolute atomic E-state index is 13.2. The molecule has 2 aliphatic heterocycles. The summed E-state index contributed by atoms with van der Waals surface area (Å²) in [7, 11) is 0. The topological polar surface area (TPSA) is 226 Å². The molecule has 4 saturated carbocycles. The second-order valence-electron chi connectivity index (χ2n) is 19.9. The summed E-state index contributed by atoms with van der Waals surface area (Å²) >= 11 is 0. The molecule has 5 aliphatic carbocycles. The molecule has 306 valence electrons. The van der Waals surface area contributed by atoms with Crippen molar-refractivity contribution in [2.45, 2.75) is 142 Å². The van der Waals surface area contributed by atoms with Gasteiger partial charge in [-0.1, -0.05) is 46.3 Å². The van der Waals surface area contributed by atoms with Crippen LogP contribution < -0.4 is 5.32 Å². The lowest BCUT2D eigenvalue weighted by molar-refractivity contribution is -0.348. The van der Waals surface area contributed by atoms with E-state index in [0.29, 0.717) is 64.3 Å². The minimum absolute atomic E-state index is 0.00158. The molecule has 18 atom stereocenters. The van der Waals surface area contributed by atoms with Crippen LogP contribution in [0.4, 0.5) is 0 Å². The van der Waals surface area contributed by atoms with E-state index >= 15 is 0 Å². The molecule has 13 heteroatoms. The fourth-order valence-corrected chi connectivity index (χ4v) is 14.1. The average Bonchev–Trinajstić information content (AvgIpc) is 3.55. The summed E-state index contributed by atoms with van der Waals surface area (Å²) in [6, 6.07) is 0. The van der Waals surface area contributed by atoms with E-state index in [1.54, 1.807) is 0 Å². The third-order valence-corrected chi connectivity index (χ3v) is 17.6. The normalized spacial score (nSPS) is 53.6. The van der Waals surface area contributed by atoms with Gasteiger partial charge in [0.2, 0.25) is 5.91 Å². The van der Waals surface area contributed by atoms with Gasteiger partial charge in [-0.15, -0.1) is 0 Å². The largest absolute Gasteiger partial charge is 0.481 e. The van der Waals surface area contributed by atoms with E-state index in [9.17, 15) is 50.4 Å². The minimum Gasteiger partial charge on any atom is -0.481 e. The zero-order chi connectivity index (χ0) is 39.4. The Morgan fingerprint density at radius 2 is 1.69 bits per heavy atom. The van der Waals surface area contributed by atoms with Gasteiger partial charge in [0.05, 0.1) is 36.9 Å². The molecule has 7 rings (SSSR count). The van der Waals surface area contributed by atoms with E-state index in [4.69, 9.17) is 9.47 Å². The third kappa shape index (κ3) is 5.56. The van der Waals surface area contributed by atoms with Gasteiger partial charge in [0.1, 0.15) is 18.3 Å². The first-order valence-electron chi connectivity index (χ1n) is 20.4. The van der Waals surface area contributed by atoms with Crippen LogP contribution in [0.1, 0.15) is 98.8 Å². The monoisotopic (exact) mass is 763 g/mol. The molecule has 7 aliphatic rings. The lowest BCUT2D eigenvalue weighted by Crippen LogP contribution is -2.74. The highest BCUT2D eigenvalue weighted by Gasteiger charge is 2.74. The Kier molecular flexibility index (Phi) is 10.3. The number of hydrogen-bond donors (Lipinski definition) is 9. The highest BCUT2D eigenvalue weighted by molar-refractivity contribution is 5.78. The highest BCUT2D eigenvalue weighted by atomic mass is 16.7. The number of nitrogens with one attached hydrogen (secondary N) is 1. The molecule has 9 N–H and O–H groups in total. The number of aliphatic carboxylic acids is 1. The molecule has 2 heterocycles. The van der Waals surface area contributed by atoms with Gasteiger partial charge in [0, 0.05) is 25.0 Å². The molecule has 0 bridgehead atoms. The van der Waals surface area contributed by atoms with Crippen molar-refractivity contribution in [2.24, 2.45) is 62.1 Å². The zero-order valence-electron chi connectivity index (χ0n) is 32.6. The quantitative estimate of drug-likeness (QED) is 0.127. The van der Waals surface area contributed by atoms with Crippen LogP contribution in [-0.2, 0) is 19.1 Å². The van der Waals surface area contributed by atoms with Gasteiger partial charge in [-0.05, 0) is 109 Å². The van der Waals surface area contributed by atoms with Gasteiger partial charge in [0.15, 0.2) is 6.29 Å². The molecular formula is C41H65NO12. The molecule has 0 spiro atoms. The summed E-state index contributed by atoms with van der Waals surface area (Å²) in [5.41, 5.74) is -2.78. The second-order valence-corrected chi connectivity index (χ2v) is 19.9. The number of amides is 1. The Labute approximate surface area is 318 Å². The first kappa shape index (κ1) is 40.5. The van der Waals surface area contributed by atoms with E-state index in [1.165, 1.54) is 5.57 Å². The van der Waals surface area contributed by atoms with Crippen molar-refractivity contribution in [3.05, 3.63) is 11.6 Å². The molecule has 0 radical (unpaired) electrons. The standard InChI is InChI=1S/C41H65NO12/c1-36(20-44)10-12-41(35(51)52)13-11-37(2)22(24(41)16-36)6-7-26-38(37,3)9-8-27-39(26,4)23(14-21-15-29(47)42-17-21)30(48)33(40(27,5)28(46)18-43)54-34-32(50)31(49)25(45)19-53-34/h6,21,23-28,30-34,43-46,48-50H,7-20H2,1-5H3,(H,42,47)(H,51,52)/t21-,23+,24-,25+,26-,27-,28+,30+,31-,32+,33+,34-,36-,37+,38+,39+,40+,41-/m0/s1. The van der Waals surface area contributed by atoms with Crippen molar-refractivity contribution in [3.8, 4) is 0 Å². The zero-order valence-corrected chi connectivity index (χ0v) is 32.6. The van der Waals surface area contributed by atoms with E-state index in [-0.39, 0.29) is 53.6 Å². The molecule has 0 aromatic heterocycles. The maximum atomic E-state index is 13.2. The van der Waals surface area contributed by atoms with Gasteiger partial charge >= 0.3 is 5.97 Å². The van der Waals surface area contributed by atoms with Crippen molar-refractivity contribution in [1.82, 2.24) is 5.32 Å². The van der Waals surface area contributed by atoms with Gasteiger partial charge in [-0.25, -0.2) is 0 Å². The third-order valence-electron chi connectivity index (χ3n) is 17.6. The SMILES string of the molecule is C[C@]1(CO)CC[C@]2(C(=O)O)CC[C@]3(C)C(=CC[C@@H]4[C@]5(C)[C@H](CC[C@]43C)[C@](C)([C@H](O)CO)[C@H](O[C@@H]3OC[C@@H](O)[C@H](O)[C@H]3O)[C@H](O)[C@H]5C[C@@H]3CNC(=O)C3)[C@@H]2C1. The fourth-order valence-electron chi connectivity index (χ4n) is 14.1. The van der Waals surface area contributed by atoms with Crippen LogP contribution in [0.3, 0.4) is 0 Å². The molecule has 0 aromatic rings. The molecule has 2 saturated heterocycles. The molecular weight excluding hydrogens is 698 g/mol. The fraction of sp³-hybridized carbons (Fsp3) is 0.902. The van der Waals surface area contributed by atoms with Crippen molar-refractivity contribution >= 4 is 11.9 Å². The number of aliphatic hydroxyl groups is 7. The second kappa shape index (κ2) is 13.7. The average molecular weight is 764 g/mol. The number of ether oxygens (including phenoxy) is 2. The summed E-state index contributed by atoms with van der Waals surface area (Å²) in [6.45, 7) is 10.3. The number of carboxylic acids is 1. The molecule has 6 fully saturated rings. The molecule has 0 aromatic carbocycles. The van der Waals surface area contributed by atoms with E-state index in [1.807, 2.05) is 6.92 Å². The van der Waals surface area contributed by atoms with Crippen LogP contribution in [0.2, 0.25) is 0 Å². The van der Waals surface area contributed by atoms with E-state index in [2.05, 4.69) is 39.1 Å². The number of carbonyl (C=O) groups is 2. The van der Waals surface area contributed by atoms with Gasteiger partial charge in [-0.2, -0.15) is 0 Å². The van der Waals surface area contributed by atoms with E-state index < -0.39 is 83.1 Å². The van der Waals surface area contributed by atoms with Crippen LogP contribution in [0, 0.1) is 62.1 Å². The van der Waals surface area contributed by atoms with Crippen LogP contribution >= 0.6 is 0 Å². The Bertz CT molecular complexity index is 1510. The predicted molar refractivity (Wildman–Crippen MR) is 194 cm³/mol. The Hall–Kier alpha value is -1.68. The highest BCUT2D eigenvalue weighted by Crippen LogP contribution is 2.77. The summed E-state index contributed by atoms with van der Waals surface area (Å²) in [5.74, 6) is -1.94. The lowest BCUT2D eigenvalue weighted by atomic mass is 9.31. The predicted octanol–water partition coefficient (Wildman–Crippen LogP) is 1.73. The van der Waals surface area contributed by atoms with Crippen LogP contribution in [0.25, 0.3) is 0 Å². The van der Waals surface area contributed by atoms with Crippen molar-refractivity contribution in [2.75, 3.05) is 26.4 Å². The summed E-state index contributed by atoms with van der Waals surface area (Å²) in [6.07, 6.45) is -1.65. The van der Waals surface area contributed by atoms with Gasteiger partial charge in [-0.3, -0.25) is 9.59 Å². The first-order chi connectivity index (χ1) is 25.3. The van der Waals surface area contributed by atoms with Crippen molar-refractivity contribution in [3.63, 3.8) is 0 Å². The summed E-state index contributed by atoms with van der Waals surface area (Å²) < 4.78 is 12.2. The number of aliphatic hydroxyl groups excluding tert-OH is 7. The lowest BCUT2D eigenvalue weighted by Gasteiger charge is -2.74. The van der Waals surface area contributed by atoms with E-state index in [0.717, 1.165) is 6.42 Å². The number of fused-ring (bicyclic) bond motifs is 7. The van der Waals surface area contributed by atoms with Gasteiger partial charge < -0.3 is 55.6 Å². The van der Waals surface area contributed by atoms with Gasteiger partial charge in [0.25, 0.3) is 0 Å². The van der Waals surface area contributed by atoms with Crippen molar-refractivity contribution < 1.29 is 59.9 Å².